The summed E-state index contributed by atoms with van der Waals surface area (Å²) >= 11 is 0. The Morgan fingerprint density at radius 2 is 1.68 bits per heavy atom. The summed E-state index contributed by atoms with van der Waals surface area (Å²) in [6.45, 7) is 9.93. The lowest BCUT2D eigenvalue weighted by atomic mass is 10.0. The minimum atomic E-state index is -1.31. The zero-order valence-corrected chi connectivity index (χ0v) is 14.1. The lowest BCUT2D eigenvalue weighted by Gasteiger charge is -2.13. The molecule has 7 heteroatoms. The molecule has 0 atom stereocenters. The minimum absolute atomic E-state index is 0.0294. The Morgan fingerprint density at radius 1 is 1.08 bits per heavy atom. The number of benzene rings is 1. The maximum Gasteiger partial charge on any atom is 0.339 e. The van der Waals surface area contributed by atoms with Gasteiger partial charge in [-0.3, -0.25) is 0 Å². The van der Waals surface area contributed by atoms with Crippen LogP contribution in [0.3, 0.4) is 0 Å². The van der Waals surface area contributed by atoms with Gasteiger partial charge in [0.1, 0.15) is 17.1 Å². The molecule has 0 aliphatic rings. The van der Waals surface area contributed by atoms with Gasteiger partial charge in [-0.15, -0.1) is 0 Å². The predicted octanol–water partition coefficient (Wildman–Crippen LogP) is 2.62. The summed E-state index contributed by atoms with van der Waals surface area (Å²) in [5, 5.41) is 19.3. The molecule has 0 fully saturated rings. The number of hydrogen-bond acceptors (Lipinski definition) is 6. The van der Waals surface area contributed by atoms with Crippen molar-refractivity contribution in [2.75, 3.05) is 6.61 Å². The van der Waals surface area contributed by atoms with E-state index in [1.807, 2.05) is 0 Å². The highest BCUT2D eigenvalue weighted by Crippen LogP contribution is 2.33. The number of aromatic carboxylic acids is 1. The fourth-order valence-electron chi connectivity index (χ4n) is 1.85. The summed E-state index contributed by atoms with van der Waals surface area (Å²) in [4.78, 5) is 34.2. The largest absolute Gasteiger partial charge is 0.507 e. The summed E-state index contributed by atoms with van der Waals surface area (Å²) in [5.74, 6) is -3.02. The summed E-state index contributed by atoms with van der Waals surface area (Å²) in [6.07, 6.45) is 0.419. The Labute approximate surface area is 145 Å². The highest BCUT2D eigenvalue weighted by molar-refractivity contribution is 5.93. The molecule has 0 aliphatic carbocycles. The normalized spacial score (nSPS) is 10.0. The van der Waals surface area contributed by atoms with Crippen molar-refractivity contribution >= 4 is 17.9 Å². The van der Waals surface area contributed by atoms with Crippen LogP contribution in [0.25, 0.3) is 0 Å². The van der Waals surface area contributed by atoms with E-state index in [1.54, 1.807) is 0 Å². The van der Waals surface area contributed by atoms with E-state index < -0.39 is 23.7 Å². The third-order valence-corrected chi connectivity index (χ3v) is 3.17. The number of phenols is 1. The number of carboxylic acids is 1. The van der Waals surface area contributed by atoms with Gasteiger partial charge in [0.05, 0.1) is 6.61 Å². The van der Waals surface area contributed by atoms with E-state index in [2.05, 4.69) is 13.2 Å². The first kappa shape index (κ1) is 20.0. The molecule has 25 heavy (non-hydrogen) atoms. The van der Waals surface area contributed by atoms with Gasteiger partial charge in [0.25, 0.3) is 0 Å². The molecule has 7 nitrogen and oxygen atoms in total. The Hall–Kier alpha value is -3.09. The summed E-state index contributed by atoms with van der Waals surface area (Å²) in [5.41, 5.74) is 0.236. The number of ether oxygens (including phenoxy) is 2. The van der Waals surface area contributed by atoms with Crippen LogP contribution in [0.2, 0.25) is 0 Å². The van der Waals surface area contributed by atoms with Crippen molar-refractivity contribution in [1.82, 2.24) is 0 Å². The SMILES string of the molecule is C=C(C)C(=O)OCCCc1c(OC(=O)C(=C)C)ccc(C(=O)O)c1O. The summed E-state index contributed by atoms with van der Waals surface area (Å²) in [6, 6.07) is 2.43. The molecule has 134 valence electrons. The van der Waals surface area contributed by atoms with Gasteiger partial charge in [0, 0.05) is 16.7 Å². The van der Waals surface area contributed by atoms with Crippen molar-refractivity contribution in [2.45, 2.75) is 26.7 Å². The number of aromatic hydroxyl groups is 1. The van der Waals surface area contributed by atoms with E-state index in [0.717, 1.165) is 6.07 Å². The van der Waals surface area contributed by atoms with Crippen molar-refractivity contribution < 1.29 is 34.1 Å². The smallest absolute Gasteiger partial charge is 0.339 e. The second-order valence-electron chi connectivity index (χ2n) is 5.43. The topological polar surface area (TPSA) is 110 Å². The van der Waals surface area contributed by atoms with Crippen LogP contribution in [-0.4, -0.2) is 34.7 Å². The van der Waals surface area contributed by atoms with Gasteiger partial charge in [0.15, 0.2) is 0 Å². The molecule has 0 heterocycles. The number of rotatable bonds is 8. The molecule has 0 amide bonds. The van der Waals surface area contributed by atoms with Crippen LogP contribution in [0.15, 0.2) is 36.4 Å². The van der Waals surface area contributed by atoms with Crippen molar-refractivity contribution in [1.29, 1.82) is 0 Å². The molecule has 1 aromatic carbocycles. The lowest BCUT2D eigenvalue weighted by molar-refractivity contribution is -0.139. The van der Waals surface area contributed by atoms with Gasteiger partial charge in [-0.2, -0.15) is 0 Å². The highest BCUT2D eigenvalue weighted by Gasteiger charge is 2.20. The van der Waals surface area contributed by atoms with E-state index in [-0.39, 0.29) is 47.5 Å². The van der Waals surface area contributed by atoms with Crippen LogP contribution in [-0.2, 0) is 20.7 Å². The third kappa shape index (κ3) is 5.49. The van der Waals surface area contributed by atoms with E-state index in [0.29, 0.717) is 0 Å². The molecular formula is C18H20O7. The van der Waals surface area contributed by atoms with Crippen molar-refractivity contribution in [2.24, 2.45) is 0 Å². The third-order valence-electron chi connectivity index (χ3n) is 3.17. The Morgan fingerprint density at radius 3 is 2.20 bits per heavy atom. The lowest BCUT2D eigenvalue weighted by Crippen LogP contribution is -2.12. The molecule has 0 aliphatic heterocycles. The minimum Gasteiger partial charge on any atom is -0.507 e. The quantitative estimate of drug-likeness (QED) is 0.321. The second-order valence-corrected chi connectivity index (χ2v) is 5.43. The number of carboxylic acid groups (broad SMARTS) is 1. The zero-order valence-electron chi connectivity index (χ0n) is 14.1. The molecule has 1 rings (SSSR count). The Kier molecular flexibility index (Phi) is 6.93. The molecule has 0 saturated heterocycles. The number of esters is 2. The van der Waals surface area contributed by atoms with Crippen LogP contribution < -0.4 is 4.74 Å². The maximum atomic E-state index is 11.7. The first-order chi connectivity index (χ1) is 11.6. The number of hydrogen-bond donors (Lipinski definition) is 2. The highest BCUT2D eigenvalue weighted by atomic mass is 16.5. The fraction of sp³-hybridized carbons (Fsp3) is 0.278. The van der Waals surface area contributed by atoms with Gasteiger partial charge in [-0.05, 0) is 38.8 Å². The van der Waals surface area contributed by atoms with Gasteiger partial charge in [0.2, 0.25) is 0 Å². The van der Waals surface area contributed by atoms with Gasteiger partial charge < -0.3 is 19.7 Å². The second kappa shape index (κ2) is 8.68. The fourth-order valence-corrected chi connectivity index (χ4v) is 1.85. The maximum absolute atomic E-state index is 11.7. The van der Waals surface area contributed by atoms with Crippen LogP contribution in [0.1, 0.15) is 36.2 Å². The Balaban J connectivity index is 2.99. The molecule has 2 N–H and O–H groups in total. The van der Waals surface area contributed by atoms with Crippen molar-refractivity contribution in [3.8, 4) is 11.5 Å². The monoisotopic (exact) mass is 348 g/mol. The molecule has 0 unspecified atom stereocenters. The van der Waals surface area contributed by atoms with Crippen LogP contribution in [0, 0.1) is 0 Å². The van der Waals surface area contributed by atoms with Gasteiger partial charge in [-0.25, -0.2) is 14.4 Å². The molecule has 0 spiro atoms. The van der Waals surface area contributed by atoms with E-state index in [9.17, 15) is 19.5 Å². The molecule has 0 aromatic heterocycles. The first-order valence-corrected chi connectivity index (χ1v) is 7.43. The van der Waals surface area contributed by atoms with Crippen LogP contribution in [0.5, 0.6) is 11.5 Å². The average Bonchev–Trinajstić information content (AvgIpc) is 2.52. The summed E-state index contributed by atoms with van der Waals surface area (Å²) < 4.78 is 10.1. The molecular weight excluding hydrogens is 328 g/mol. The molecule has 0 saturated carbocycles. The zero-order chi connectivity index (χ0) is 19.1. The predicted molar refractivity (Wildman–Crippen MR) is 89.6 cm³/mol. The van der Waals surface area contributed by atoms with Gasteiger partial charge >= 0.3 is 17.9 Å². The van der Waals surface area contributed by atoms with Crippen LogP contribution in [0.4, 0.5) is 0 Å². The van der Waals surface area contributed by atoms with E-state index in [1.165, 1.54) is 19.9 Å². The number of carbonyl (C=O) groups is 3. The molecule has 0 bridgehead atoms. The molecule has 0 radical (unpaired) electrons. The Bertz CT molecular complexity index is 731. The van der Waals surface area contributed by atoms with Crippen molar-refractivity contribution in [3.63, 3.8) is 0 Å². The van der Waals surface area contributed by atoms with Crippen LogP contribution >= 0.6 is 0 Å². The number of carbonyl (C=O) groups excluding carboxylic acids is 2. The van der Waals surface area contributed by atoms with E-state index >= 15 is 0 Å². The van der Waals surface area contributed by atoms with Crippen molar-refractivity contribution in [3.05, 3.63) is 47.6 Å². The summed E-state index contributed by atoms with van der Waals surface area (Å²) in [7, 11) is 0. The van der Waals surface area contributed by atoms with E-state index in [4.69, 9.17) is 14.6 Å². The standard InChI is InChI=1S/C18H20O7/c1-10(2)17(22)24-9-5-6-12-14(25-18(23)11(3)4)8-7-13(15(12)19)16(20)21/h7-8,19H,1,3,5-6,9H2,2,4H3,(H,20,21). The molecule has 1 aromatic rings. The van der Waals surface area contributed by atoms with Gasteiger partial charge in [-0.1, -0.05) is 13.2 Å². The first-order valence-electron chi connectivity index (χ1n) is 7.43. The average molecular weight is 348 g/mol.